The van der Waals surface area contributed by atoms with Gasteiger partial charge in [0.1, 0.15) is 0 Å². The number of likely N-dealkylation sites (tertiary alicyclic amines) is 1. The lowest BCUT2D eigenvalue weighted by molar-refractivity contribution is -0.126. The summed E-state index contributed by atoms with van der Waals surface area (Å²) in [7, 11) is 2.10. The third-order valence-corrected chi connectivity index (χ3v) is 4.50. The van der Waals surface area contributed by atoms with E-state index in [1.807, 2.05) is 6.07 Å². The van der Waals surface area contributed by atoms with Crippen LogP contribution in [0.5, 0.6) is 0 Å². The van der Waals surface area contributed by atoms with Gasteiger partial charge >= 0.3 is 0 Å². The molecule has 1 aliphatic heterocycles. The van der Waals surface area contributed by atoms with Gasteiger partial charge in [-0.1, -0.05) is 43.7 Å². The first-order chi connectivity index (χ1) is 10.2. The van der Waals surface area contributed by atoms with Gasteiger partial charge in [0.15, 0.2) is 0 Å². The molecule has 0 aromatic heterocycles. The van der Waals surface area contributed by atoms with Gasteiger partial charge in [0.25, 0.3) is 0 Å². The van der Waals surface area contributed by atoms with E-state index >= 15 is 0 Å². The first kappa shape index (κ1) is 16.0. The summed E-state index contributed by atoms with van der Waals surface area (Å²) in [5, 5.41) is 3.18. The highest BCUT2D eigenvalue weighted by molar-refractivity contribution is 5.78. The molecule has 1 fully saturated rings. The third-order valence-electron chi connectivity index (χ3n) is 4.50. The van der Waals surface area contributed by atoms with Crippen molar-refractivity contribution in [3.05, 3.63) is 35.9 Å². The molecule has 0 aliphatic carbocycles. The van der Waals surface area contributed by atoms with Crippen LogP contribution < -0.4 is 5.32 Å². The van der Waals surface area contributed by atoms with E-state index in [-0.39, 0.29) is 11.8 Å². The topological polar surface area (TPSA) is 32.3 Å². The van der Waals surface area contributed by atoms with Crippen LogP contribution >= 0.6 is 0 Å². The normalized spacial score (nSPS) is 21.0. The van der Waals surface area contributed by atoms with Crippen molar-refractivity contribution in [3.63, 3.8) is 0 Å². The molecule has 0 radical (unpaired) electrons. The molecule has 21 heavy (non-hydrogen) atoms. The maximum atomic E-state index is 12.3. The summed E-state index contributed by atoms with van der Waals surface area (Å²) in [4.78, 5) is 14.5. The average Bonchev–Trinajstić information content (AvgIpc) is 2.52. The van der Waals surface area contributed by atoms with Crippen molar-refractivity contribution in [3.8, 4) is 0 Å². The number of carbonyl (C=O) groups excluding carboxylic acids is 1. The van der Waals surface area contributed by atoms with Crippen molar-refractivity contribution in [2.45, 2.75) is 32.6 Å². The highest BCUT2D eigenvalue weighted by Crippen LogP contribution is 2.16. The first-order valence-corrected chi connectivity index (χ1v) is 8.19. The number of hydrogen-bond acceptors (Lipinski definition) is 2. The fourth-order valence-electron chi connectivity index (χ4n) is 3.08. The summed E-state index contributed by atoms with van der Waals surface area (Å²) in [6.45, 7) is 5.02. The minimum atomic E-state index is 0.179. The second kappa shape index (κ2) is 8.18. The molecule has 1 aromatic rings. The Balaban J connectivity index is 1.78. The summed E-state index contributed by atoms with van der Waals surface area (Å²) in [6.07, 6.45) is 4.31. The SMILES string of the molecule is CC[C@H](CNC(=O)[C@@H]1CCCN(C)C1)Cc1ccccc1. The summed E-state index contributed by atoms with van der Waals surface area (Å²) in [5.74, 6) is 0.948. The molecule has 1 saturated heterocycles. The molecule has 0 unspecified atom stereocenters. The standard InChI is InChI=1S/C18H28N2O/c1-3-15(12-16-8-5-4-6-9-16)13-19-18(21)17-10-7-11-20(2)14-17/h4-6,8-9,15,17H,3,7,10-14H2,1-2H3,(H,19,21)/t15-,17+/m0/s1. The number of amides is 1. The maximum Gasteiger partial charge on any atom is 0.224 e. The highest BCUT2D eigenvalue weighted by atomic mass is 16.1. The summed E-state index contributed by atoms with van der Waals surface area (Å²) < 4.78 is 0. The zero-order chi connectivity index (χ0) is 15.1. The maximum absolute atomic E-state index is 12.3. The lowest BCUT2D eigenvalue weighted by atomic mass is 9.95. The predicted octanol–water partition coefficient (Wildman–Crippen LogP) is 2.71. The van der Waals surface area contributed by atoms with Crippen molar-refractivity contribution in [2.24, 2.45) is 11.8 Å². The van der Waals surface area contributed by atoms with Crippen LogP contribution in [0, 0.1) is 11.8 Å². The van der Waals surface area contributed by atoms with Crippen LogP contribution in [0.4, 0.5) is 0 Å². The van der Waals surface area contributed by atoms with E-state index in [2.05, 4.69) is 48.5 Å². The quantitative estimate of drug-likeness (QED) is 0.873. The Morgan fingerprint density at radius 3 is 2.81 bits per heavy atom. The second-order valence-corrected chi connectivity index (χ2v) is 6.31. The number of hydrogen-bond donors (Lipinski definition) is 1. The van der Waals surface area contributed by atoms with Crippen LogP contribution in [0.2, 0.25) is 0 Å². The molecule has 1 aliphatic rings. The lowest BCUT2D eigenvalue weighted by Crippen LogP contribution is -2.42. The number of carbonyl (C=O) groups is 1. The van der Waals surface area contributed by atoms with Gasteiger partial charge in [-0.15, -0.1) is 0 Å². The van der Waals surface area contributed by atoms with Crippen molar-refractivity contribution in [1.82, 2.24) is 10.2 Å². The fraction of sp³-hybridized carbons (Fsp3) is 0.611. The zero-order valence-corrected chi connectivity index (χ0v) is 13.3. The van der Waals surface area contributed by atoms with Crippen LogP contribution in [-0.2, 0) is 11.2 Å². The molecular formula is C18H28N2O. The van der Waals surface area contributed by atoms with E-state index in [1.54, 1.807) is 0 Å². The van der Waals surface area contributed by atoms with Crippen LogP contribution in [-0.4, -0.2) is 37.5 Å². The van der Waals surface area contributed by atoms with Gasteiger partial charge in [-0.25, -0.2) is 0 Å². The molecule has 1 aromatic carbocycles. The van der Waals surface area contributed by atoms with Crippen LogP contribution in [0.3, 0.4) is 0 Å². The Bertz CT molecular complexity index is 432. The van der Waals surface area contributed by atoms with Crippen molar-refractivity contribution in [2.75, 3.05) is 26.7 Å². The molecule has 0 spiro atoms. The smallest absolute Gasteiger partial charge is 0.224 e. The largest absolute Gasteiger partial charge is 0.356 e. The van der Waals surface area contributed by atoms with Crippen molar-refractivity contribution < 1.29 is 4.79 Å². The number of piperidine rings is 1. The Kier molecular flexibility index (Phi) is 6.24. The van der Waals surface area contributed by atoms with Gasteiger partial charge in [-0.3, -0.25) is 4.79 Å². The van der Waals surface area contributed by atoms with E-state index in [4.69, 9.17) is 0 Å². The molecule has 2 atom stereocenters. The molecule has 0 saturated carbocycles. The van der Waals surface area contributed by atoms with E-state index < -0.39 is 0 Å². The average molecular weight is 288 g/mol. The number of nitrogens with one attached hydrogen (secondary N) is 1. The van der Waals surface area contributed by atoms with E-state index in [0.29, 0.717) is 5.92 Å². The predicted molar refractivity (Wildman–Crippen MR) is 87.2 cm³/mol. The van der Waals surface area contributed by atoms with Gasteiger partial charge < -0.3 is 10.2 Å². The summed E-state index contributed by atoms with van der Waals surface area (Å²) in [5.41, 5.74) is 1.36. The molecule has 3 nitrogen and oxygen atoms in total. The van der Waals surface area contributed by atoms with Gasteiger partial charge in [0, 0.05) is 13.1 Å². The Morgan fingerprint density at radius 1 is 1.38 bits per heavy atom. The number of rotatable bonds is 6. The summed E-state index contributed by atoms with van der Waals surface area (Å²) in [6, 6.07) is 10.5. The van der Waals surface area contributed by atoms with E-state index in [0.717, 1.165) is 45.3 Å². The van der Waals surface area contributed by atoms with E-state index in [1.165, 1.54) is 5.56 Å². The first-order valence-electron chi connectivity index (χ1n) is 8.19. The Labute approximate surface area is 128 Å². The Hall–Kier alpha value is -1.35. The monoisotopic (exact) mass is 288 g/mol. The molecule has 0 bridgehead atoms. The van der Waals surface area contributed by atoms with Gasteiger partial charge in [0.2, 0.25) is 5.91 Å². The highest BCUT2D eigenvalue weighted by Gasteiger charge is 2.24. The van der Waals surface area contributed by atoms with Gasteiger partial charge in [-0.2, -0.15) is 0 Å². The van der Waals surface area contributed by atoms with Crippen LogP contribution in [0.1, 0.15) is 31.7 Å². The molecular weight excluding hydrogens is 260 g/mol. The molecule has 1 N–H and O–H groups in total. The van der Waals surface area contributed by atoms with E-state index in [9.17, 15) is 4.79 Å². The van der Waals surface area contributed by atoms with Gasteiger partial charge in [-0.05, 0) is 44.3 Å². The summed E-state index contributed by atoms with van der Waals surface area (Å²) >= 11 is 0. The van der Waals surface area contributed by atoms with Crippen LogP contribution in [0.15, 0.2) is 30.3 Å². The van der Waals surface area contributed by atoms with Gasteiger partial charge in [0.05, 0.1) is 5.92 Å². The van der Waals surface area contributed by atoms with Crippen molar-refractivity contribution in [1.29, 1.82) is 0 Å². The molecule has 3 heteroatoms. The van der Waals surface area contributed by atoms with Crippen molar-refractivity contribution >= 4 is 5.91 Å². The molecule has 1 amide bonds. The minimum absolute atomic E-state index is 0.179. The fourth-order valence-corrected chi connectivity index (χ4v) is 3.08. The zero-order valence-electron chi connectivity index (χ0n) is 13.3. The molecule has 116 valence electrons. The second-order valence-electron chi connectivity index (χ2n) is 6.31. The lowest BCUT2D eigenvalue weighted by Gasteiger charge is -2.29. The third kappa shape index (κ3) is 5.16. The number of benzene rings is 1. The molecule has 2 rings (SSSR count). The Morgan fingerprint density at radius 2 is 2.14 bits per heavy atom. The number of nitrogens with zero attached hydrogens (tertiary/aromatic N) is 1. The molecule has 1 heterocycles. The minimum Gasteiger partial charge on any atom is -0.356 e. The van der Waals surface area contributed by atoms with Crippen LogP contribution in [0.25, 0.3) is 0 Å².